The van der Waals surface area contributed by atoms with Crippen molar-refractivity contribution in [3.8, 4) is 5.75 Å². The summed E-state index contributed by atoms with van der Waals surface area (Å²) < 4.78 is 5.26. The predicted molar refractivity (Wildman–Crippen MR) is 61.6 cm³/mol. The summed E-state index contributed by atoms with van der Waals surface area (Å²) in [5.74, 6) is 0.930. The molecule has 0 heterocycles. The van der Waals surface area contributed by atoms with E-state index in [-0.39, 0.29) is 0 Å². The van der Waals surface area contributed by atoms with Crippen LogP contribution in [0.4, 0.5) is 0 Å². The molecule has 74 valence electrons. The first-order valence-corrected chi connectivity index (χ1v) is 4.64. The number of benzene rings is 1. The van der Waals surface area contributed by atoms with Gasteiger partial charge in [-0.2, -0.15) is 0 Å². The van der Waals surface area contributed by atoms with E-state index in [1.165, 1.54) is 16.7 Å². The molecule has 1 aromatic carbocycles. The van der Waals surface area contributed by atoms with E-state index in [1.807, 2.05) is 18.2 Å². The Morgan fingerprint density at radius 1 is 1.43 bits per heavy atom. The molecule has 0 radical (unpaired) electrons. The summed E-state index contributed by atoms with van der Waals surface area (Å²) in [6, 6.07) is 6.06. The monoisotopic (exact) mass is 188 g/mol. The van der Waals surface area contributed by atoms with Crippen molar-refractivity contribution in [2.45, 2.75) is 13.8 Å². The van der Waals surface area contributed by atoms with Crippen molar-refractivity contribution in [3.63, 3.8) is 0 Å². The number of allylic oxidation sites excluding steroid dienone is 3. The quantitative estimate of drug-likeness (QED) is 0.659. The molecule has 0 amide bonds. The predicted octanol–water partition coefficient (Wildman–Crippen LogP) is 3.59. The zero-order valence-electron chi connectivity index (χ0n) is 9.00. The first-order chi connectivity index (χ1) is 6.70. The Morgan fingerprint density at radius 3 is 2.71 bits per heavy atom. The van der Waals surface area contributed by atoms with Gasteiger partial charge in [0.1, 0.15) is 5.75 Å². The Morgan fingerprint density at radius 2 is 2.14 bits per heavy atom. The minimum absolute atomic E-state index is 0.930. The van der Waals surface area contributed by atoms with Crippen LogP contribution >= 0.6 is 0 Å². The highest BCUT2D eigenvalue weighted by Gasteiger charge is 2.04. The summed E-state index contributed by atoms with van der Waals surface area (Å²) in [6.07, 6.45) is 3.80. The third-order valence-corrected chi connectivity index (χ3v) is 2.30. The Kier molecular flexibility index (Phi) is 3.52. The fourth-order valence-electron chi connectivity index (χ4n) is 1.53. The fraction of sp³-hybridized carbons (Fsp3) is 0.231. The van der Waals surface area contributed by atoms with Gasteiger partial charge in [0.2, 0.25) is 0 Å². The zero-order valence-corrected chi connectivity index (χ0v) is 9.00. The molecule has 0 aliphatic heterocycles. The van der Waals surface area contributed by atoms with Crippen LogP contribution in [0.3, 0.4) is 0 Å². The Labute approximate surface area is 85.7 Å². The Bertz CT molecular complexity index is 361. The molecule has 0 saturated heterocycles. The molecule has 0 aliphatic rings. The van der Waals surface area contributed by atoms with Gasteiger partial charge in [0.25, 0.3) is 0 Å². The third kappa shape index (κ3) is 2.05. The van der Waals surface area contributed by atoms with Gasteiger partial charge in [0.05, 0.1) is 7.11 Å². The molecule has 14 heavy (non-hydrogen) atoms. The van der Waals surface area contributed by atoms with Crippen molar-refractivity contribution in [1.82, 2.24) is 0 Å². The number of rotatable bonds is 3. The van der Waals surface area contributed by atoms with Crippen molar-refractivity contribution in [3.05, 3.63) is 48.1 Å². The van der Waals surface area contributed by atoms with Crippen LogP contribution < -0.4 is 4.74 Å². The smallest absolute Gasteiger partial charge is 0.122 e. The van der Waals surface area contributed by atoms with Gasteiger partial charge in [-0.15, -0.1) is 0 Å². The fourth-order valence-corrected chi connectivity index (χ4v) is 1.53. The highest BCUT2D eigenvalue weighted by molar-refractivity contribution is 5.69. The van der Waals surface area contributed by atoms with E-state index in [1.54, 1.807) is 13.2 Å². The van der Waals surface area contributed by atoms with E-state index in [4.69, 9.17) is 4.74 Å². The average Bonchev–Trinajstić information content (AvgIpc) is 2.18. The molecule has 0 unspecified atom stereocenters. The van der Waals surface area contributed by atoms with Gasteiger partial charge in [0, 0.05) is 0 Å². The van der Waals surface area contributed by atoms with E-state index in [0.29, 0.717) is 0 Å². The van der Waals surface area contributed by atoms with Crippen molar-refractivity contribution >= 4 is 5.57 Å². The summed E-state index contributed by atoms with van der Waals surface area (Å²) in [5.41, 5.74) is 3.59. The zero-order chi connectivity index (χ0) is 10.6. The number of hydrogen-bond donors (Lipinski definition) is 0. The average molecular weight is 188 g/mol. The second kappa shape index (κ2) is 4.66. The molecule has 0 N–H and O–H groups in total. The van der Waals surface area contributed by atoms with Gasteiger partial charge in [-0.3, -0.25) is 0 Å². The van der Waals surface area contributed by atoms with Crippen LogP contribution in [0.2, 0.25) is 0 Å². The van der Waals surface area contributed by atoms with Crippen LogP contribution in [0, 0.1) is 6.92 Å². The molecule has 1 heteroatoms. The molecule has 1 rings (SSSR count). The highest BCUT2D eigenvalue weighted by atomic mass is 16.5. The van der Waals surface area contributed by atoms with Crippen molar-refractivity contribution in [1.29, 1.82) is 0 Å². The standard InChI is InChI=1S/C13H16O/c1-5-7-10(2)12-8-6-9-13(14-4)11(12)3/h5-9H,1H2,2-4H3/b10-7-. The van der Waals surface area contributed by atoms with E-state index >= 15 is 0 Å². The topological polar surface area (TPSA) is 9.23 Å². The van der Waals surface area contributed by atoms with E-state index in [2.05, 4.69) is 26.5 Å². The molecular weight excluding hydrogens is 172 g/mol. The lowest BCUT2D eigenvalue weighted by molar-refractivity contribution is 0.411. The Hall–Kier alpha value is -1.50. The normalized spacial score (nSPS) is 11.2. The van der Waals surface area contributed by atoms with Gasteiger partial charge in [0.15, 0.2) is 0 Å². The van der Waals surface area contributed by atoms with E-state index < -0.39 is 0 Å². The molecule has 0 aliphatic carbocycles. The van der Waals surface area contributed by atoms with Gasteiger partial charge >= 0.3 is 0 Å². The summed E-state index contributed by atoms with van der Waals surface area (Å²) in [6.45, 7) is 7.83. The number of ether oxygens (including phenoxy) is 1. The second-order valence-electron chi connectivity index (χ2n) is 3.22. The third-order valence-electron chi connectivity index (χ3n) is 2.30. The summed E-state index contributed by atoms with van der Waals surface area (Å²) in [5, 5.41) is 0. The number of methoxy groups -OCH3 is 1. The molecule has 0 bridgehead atoms. The summed E-state index contributed by atoms with van der Waals surface area (Å²) in [4.78, 5) is 0. The van der Waals surface area contributed by atoms with Crippen molar-refractivity contribution in [2.24, 2.45) is 0 Å². The molecule has 1 aromatic rings. The first-order valence-electron chi connectivity index (χ1n) is 4.64. The highest BCUT2D eigenvalue weighted by Crippen LogP contribution is 2.26. The Balaban J connectivity index is 3.22. The van der Waals surface area contributed by atoms with E-state index in [9.17, 15) is 0 Å². The lowest BCUT2D eigenvalue weighted by atomic mass is 10.0. The molecule has 0 atom stereocenters. The van der Waals surface area contributed by atoms with Crippen LogP contribution in [0.5, 0.6) is 5.75 Å². The maximum Gasteiger partial charge on any atom is 0.122 e. The lowest BCUT2D eigenvalue weighted by Gasteiger charge is -2.10. The molecule has 0 spiro atoms. The molecule has 0 aromatic heterocycles. The van der Waals surface area contributed by atoms with Crippen LogP contribution in [-0.2, 0) is 0 Å². The van der Waals surface area contributed by atoms with E-state index in [0.717, 1.165) is 5.75 Å². The van der Waals surface area contributed by atoms with Gasteiger partial charge in [-0.05, 0) is 36.6 Å². The minimum Gasteiger partial charge on any atom is -0.496 e. The minimum atomic E-state index is 0.930. The summed E-state index contributed by atoms with van der Waals surface area (Å²) in [7, 11) is 1.69. The van der Waals surface area contributed by atoms with Crippen LogP contribution in [0.15, 0.2) is 36.9 Å². The van der Waals surface area contributed by atoms with Crippen LogP contribution in [-0.4, -0.2) is 7.11 Å². The van der Waals surface area contributed by atoms with Crippen LogP contribution in [0.1, 0.15) is 18.1 Å². The van der Waals surface area contributed by atoms with Gasteiger partial charge in [-0.25, -0.2) is 0 Å². The molecule has 0 fully saturated rings. The molecule has 0 saturated carbocycles. The largest absolute Gasteiger partial charge is 0.496 e. The van der Waals surface area contributed by atoms with Crippen molar-refractivity contribution in [2.75, 3.05) is 7.11 Å². The SMILES string of the molecule is C=C/C=C(/C)c1cccc(OC)c1C. The molecule has 1 nitrogen and oxygen atoms in total. The first kappa shape index (κ1) is 10.6. The number of hydrogen-bond acceptors (Lipinski definition) is 1. The molecular formula is C13H16O. The van der Waals surface area contributed by atoms with Crippen molar-refractivity contribution < 1.29 is 4.74 Å². The summed E-state index contributed by atoms with van der Waals surface area (Å²) >= 11 is 0. The van der Waals surface area contributed by atoms with Gasteiger partial charge in [-0.1, -0.05) is 30.9 Å². The lowest BCUT2D eigenvalue weighted by Crippen LogP contribution is -1.91. The second-order valence-corrected chi connectivity index (χ2v) is 3.22. The maximum absolute atomic E-state index is 5.26. The maximum atomic E-state index is 5.26. The van der Waals surface area contributed by atoms with Crippen LogP contribution in [0.25, 0.3) is 5.57 Å². The van der Waals surface area contributed by atoms with Gasteiger partial charge < -0.3 is 4.74 Å².